The van der Waals surface area contributed by atoms with Gasteiger partial charge in [-0.3, -0.25) is 4.79 Å². The molecule has 1 rings (SSSR count). The summed E-state index contributed by atoms with van der Waals surface area (Å²) in [6.07, 6.45) is 0. The van der Waals surface area contributed by atoms with Gasteiger partial charge in [-0.15, -0.1) is 0 Å². The van der Waals surface area contributed by atoms with Crippen molar-refractivity contribution in [2.45, 2.75) is 6.92 Å². The van der Waals surface area contributed by atoms with Crippen molar-refractivity contribution in [1.82, 2.24) is 4.98 Å². The second kappa shape index (κ2) is 4.44. The van der Waals surface area contributed by atoms with Gasteiger partial charge in [0.25, 0.3) is 5.91 Å². The Morgan fingerprint density at radius 3 is 2.71 bits per heavy atom. The third-order valence-electron chi connectivity index (χ3n) is 1.55. The highest BCUT2D eigenvalue weighted by Gasteiger charge is 2.07. The number of nitrogens with zero attached hydrogens (tertiary/aromatic N) is 1. The van der Waals surface area contributed by atoms with Gasteiger partial charge in [0.1, 0.15) is 5.15 Å². The predicted molar refractivity (Wildman–Crippen MR) is 57.6 cm³/mol. The molecule has 1 heterocycles. The van der Waals surface area contributed by atoms with Gasteiger partial charge in [0.15, 0.2) is 0 Å². The predicted octanol–water partition coefficient (Wildman–Crippen LogP) is 2.73. The van der Waals surface area contributed by atoms with E-state index in [1.807, 2.05) is 0 Å². The number of aryl methyl sites for hydroxylation is 1. The molecule has 0 saturated heterocycles. The fourth-order valence-electron chi connectivity index (χ4n) is 0.853. The average Bonchev–Trinajstić information content (AvgIpc) is 2.09. The van der Waals surface area contributed by atoms with E-state index in [9.17, 15) is 4.79 Å². The maximum absolute atomic E-state index is 11.1. The first-order valence-corrected chi connectivity index (χ1v) is 4.55. The van der Waals surface area contributed by atoms with Gasteiger partial charge >= 0.3 is 0 Å². The molecule has 1 aromatic rings. The molecule has 1 N–H and O–H groups in total. The zero-order valence-electron chi connectivity index (χ0n) is 7.47. The Hall–Kier alpha value is -1.06. The molecule has 3 nitrogen and oxygen atoms in total. The molecule has 74 valence electrons. The number of pyridine rings is 1. The lowest BCUT2D eigenvalue weighted by Crippen LogP contribution is -2.12. The van der Waals surface area contributed by atoms with Crippen molar-refractivity contribution in [1.29, 1.82) is 0 Å². The van der Waals surface area contributed by atoms with E-state index < -0.39 is 5.91 Å². The second-order valence-electron chi connectivity index (χ2n) is 2.63. The van der Waals surface area contributed by atoms with Gasteiger partial charge in [-0.05, 0) is 19.1 Å². The van der Waals surface area contributed by atoms with Crippen LogP contribution in [0.25, 0.3) is 0 Å². The Kier molecular flexibility index (Phi) is 3.49. The maximum Gasteiger partial charge on any atom is 0.266 e. The van der Waals surface area contributed by atoms with E-state index in [0.717, 1.165) is 0 Å². The Labute approximate surface area is 91.7 Å². The zero-order chi connectivity index (χ0) is 10.7. The molecule has 0 atom stereocenters. The van der Waals surface area contributed by atoms with Crippen molar-refractivity contribution in [2.75, 3.05) is 5.32 Å². The Balaban J connectivity index is 2.87. The molecule has 5 heteroatoms. The zero-order valence-corrected chi connectivity index (χ0v) is 8.99. The lowest BCUT2D eigenvalue weighted by atomic mass is 10.3. The van der Waals surface area contributed by atoms with Crippen molar-refractivity contribution in [3.8, 4) is 0 Å². The number of nitrogens with one attached hydrogen (secondary N) is 1. The molecule has 0 fully saturated rings. The molecule has 1 amide bonds. The molecule has 0 aromatic carbocycles. The molecule has 1 aromatic heterocycles. The minimum Gasteiger partial charge on any atom is -0.320 e. The molecule has 0 saturated carbocycles. The van der Waals surface area contributed by atoms with Crippen LogP contribution in [0.4, 0.5) is 5.69 Å². The number of hydrogen-bond acceptors (Lipinski definition) is 2. The number of aromatic nitrogens is 1. The van der Waals surface area contributed by atoms with Crippen LogP contribution in [-0.2, 0) is 4.79 Å². The van der Waals surface area contributed by atoms with Crippen LogP contribution < -0.4 is 5.32 Å². The molecule has 0 aliphatic carbocycles. The molecule has 0 aliphatic rings. The molecule has 0 unspecified atom stereocenters. The second-order valence-corrected chi connectivity index (χ2v) is 3.47. The van der Waals surface area contributed by atoms with Crippen LogP contribution >= 0.6 is 23.2 Å². The third kappa shape index (κ3) is 2.72. The van der Waals surface area contributed by atoms with Gasteiger partial charge in [0.2, 0.25) is 0 Å². The standard InChI is InChI=1S/C9H8Cl2N2O/c1-5(10)9(14)13-7-3-4-8(11)12-6(7)2/h3-4H,1H2,2H3,(H,13,14). The fourth-order valence-corrected chi connectivity index (χ4v) is 1.09. The van der Waals surface area contributed by atoms with Crippen molar-refractivity contribution < 1.29 is 4.79 Å². The number of anilines is 1. The number of amides is 1. The van der Waals surface area contributed by atoms with Gasteiger partial charge in [0, 0.05) is 0 Å². The van der Waals surface area contributed by atoms with Crippen LogP contribution in [0.2, 0.25) is 5.15 Å². The first-order valence-electron chi connectivity index (χ1n) is 3.79. The highest BCUT2D eigenvalue weighted by molar-refractivity contribution is 6.43. The highest BCUT2D eigenvalue weighted by atomic mass is 35.5. The SMILES string of the molecule is C=C(Cl)C(=O)Nc1ccc(Cl)nc1C. The van der Waals surface area contributed by atoms with E-state index in [1.54, 1.807) is 19.1 Å². The molecule has 0 radical (unpaired) electrons. The Morgan fingerprint density at radius 2 is 2.21 bits per heavy atom. The van der Waals surface area contributed by atoms with E-state index >= 15 is 0 Å². The maximum atomic E-state index is 11.1. The van der Waals surface area contributed by atoms with Crippen LogP contribution in [0.15, 0.2) is 23.7 Å². The van der Waals surface area contributed by atoms with Crippen LogP contribution in [-0.4, -0.2) is 10.9 Å². The summed E-state index contributed by atoms with van der Waals surface area (Å²) < 4.78 is 0. The first-order chi connectivity index (χ1) is 6.50. The molecule has 0 aliphatic heterocycles. The van der Waals surface area contributed by atoms with Gasteiger partial charge in [-0.1, -0.05) is 29.8 Å². The molecular formula is C9H8Cl2N2O. The molecule has 0 spiro atoms. The van der Waals surface area contributed by atoms with Gasteiger partial charge in [0.05, 0.1) is 16.4 Å². The lowest BCUT2D eigenvalue weighted by molar-refractivity contribution is -0.112. The quantitative estimate of drug-likeness (QED) is 0.628. The number of halogens is 2. The summed E-state index contributed by atoms with van der Waals surface area (Å²) in [5.41, 5.74) is 1.20. The molecule has 14 heavy (non-hydrogen) atoms. The summed E-state index contributed by atoms with van der Waals surface area (Å²) in [4.78, 5) is 15.1. The average molecular weight is 231 g/mol. The summed E-state index contributed by atoms with van der Waals surface area (Å²) in [6.45, 7) is 5.04. The summed E-state index contributed by atoms with van der Waals surface area (Å²) in [5.74, 6) is -0.445. The van der Waals surface area contributed by atoms with Gasteiger partial charge < -0.3 is 5.32 Å². The molecule has 0 bridgehead atoms. The molecular weight excluding hydrogens is 223 g/mol. The van der Waals surface area contributed by atoms with E-state index in [0.29, 0.717) is 16.5 Å². The van der Waals surface area contributed by atoms with Gasteiger partial charge in [-0.25, -0.2) is 4.98 Å². The van der Waals surface area contributed by atoms with Crippen LogP contribution in [0.5, 0.6) is 0 Å². The Bertz CT molecular complexity index is 390. The lowest BCUT2D eigenvalue weighted by Gasteiger charge is -2.06. The monoisotopic (exact) mass is 230 g/mol. The fraction of sp³-hybridized carbons (Fsp3) is 0.111. The van der Waals surface area contributed by atoms with E-state index in [-0.39, 0.29) is 5.03 Å². The highest BCUT2D eigenvalue weighted by Crippen LogP contribution is 2.16. The summed E-state index contributed by atoms with van der Waals surface area (Å²) in [6, 6.07) is 3.24. The topological polar surface area (TPSA) is 42.0 Å². The summed E-state index contributed by atoms with van der Waals surface area (Å²) in [7, 11) is 0. The smallest absolute Gasteiger partial charge is 0.266 e. The van der Waals surface area contributed by atoms with E-state index in [1.165, 1.54) is 0 Å². The van der Waals surface area contributed by atoms with Crippen molar-refractivity contribution >= 4 is 34.8 Å². The number of rotatable bonds is 2. The van der Waals surface area contributed by atoms with Crippen molar-refractivity contribution in [2.24, 2.45) is 0 Å². The van der Waals surface area contributed by atoms with Crippen LogP contribution in [0.3, 0.4) is 0 Å². The van der Waals surface area contributed by atoms with Gasteiger partial charge in [-0.2, -0.15) is 0 Å². The first kappa shape index (κ1) is 11.0. The number of carbonyl (C=O) groups is 1. The van der Waals surface area contributed by atoms with Crippen molar-refractivity contribution in [3.05, 3.63) is 34.6 Å². The minimum absolute atomic E-state index is 0.0700. The van der Waals surface area contributed by atoms with Crippen LogP contribution in [0.1, 0.15) is 5.69 Å². The largest absolute Gasteiger partial charge is 0.320 e. The summed E-state index contributed by atoms with van der Waals surface area (Å²) in [5, 5.41) is 2.86. The van der Waals surface area contributed by atoms with E-state index in [2.05, 4.69) is 16.9 Å². The normalized spacial score (nSPS) is 9.64. The van der Waals surface area contributed by atoms with E-state index in [4.69, 9.17) is 23.2 Å². The third-order valence-corrected chi connectivity index (χ3v) is 1.93. The minimum atomic E-state index is -0.445. The Morgan fingerprint density at radius 1 is 1.57 bits per heavy atom. The van der Waals surface area contributed by atoms with Crippen LogP contribution in [0, 0.1) is 6.92 Å². The summed E-state index contributed by atoms with van der Waals surface area (Å²) >= 11 is 11.1. The number of carbonyl (C=O) groups excluding carboxylic acids is 1. The van der Waals surface area contributed by atoms with Crippen molar-refractivity contribution in [3.63, 3.8) is 0 Å². The number of hydrogen-bond donors (Lipinski definition) is 1.